The van der Waals surface area contributed by atoms with Crippen molar-refractivity contribution in [2.75, 3.05) is 44.7 Å². The molecule has 0 saturated carbocycles. The first-order valence-corrected chi connectivity index (χ1v) is 9.14. The van der Waals surface area contributed by atoms with Crippen LogP contribution in [0.4, 0.5) is 0 Å². The minimum atomic E-state index is 0.0708. The summed E-state index contributed by atoms with van der Waals surface area (Å²) in [5.74, 6) is 1.84. The number of carbonyl (C=O) groups is 1. The van der Waals surface area contributed by atoms with Crippen molar-refractivity contribution in [2.45, 2.75) is 0 Å². The number of nitrogens with one attached hydrogen (secondary N) is 1. The lowest BCUT2D eigenvalue weighted by molar-refractivity contribution is 0.0645. The Hall–Kier alpha value is -1.86. The predicted molar refractivity (Wildman–Crippen MR) is 92.5 cm³/mol. The average Bonchev–Trinajstić information content (AvgIpc) is 3.14. The van der Waals surface area contributed by atoms with Gasteiger partial charge in [0.2, 0.25) is 0 Å². The molecule has 1 saturated heterocycles. The summed E-state index contributed by atoms with van der Waals surface area (Å²) in [6.45, 7) is 4.53. The van der Waals surface area contributed by atoms with E-state index in [-0.39, 0.29) is 5.91 Å². The topological polar surface area (TPSA) is 65.1 Å². The summed E-state index contributed by atoms with van der Waals surface area (Å²) in [6.07, 6.45) is 3.58. The first-order valence-electron chi connectivity index (χ1n) is 7.75. The average molecular weight is 331 g/mol. The molecule has 0 unspecified atom stereocenters. The zero-order valence-corrected chi connectivity index (χ0v) is 14.1. The van der Waals surface area contributed by atoms with E-state index in [9.17, 15) is 4.79 Å². The molecule has 0 aliphatic carbocycles. The number of hydrogen-bond acceptors (Lipinski definition) is 5. The quantitative estimate of drug-likeness (QED) is 0.901. The lowest BCUT2D eigenvalue weighted by Gasteiger charge is -2.34. The van der Waals surface area contributed by atoms with Gasteiger partial charge in [0.05, 0.1) is 5.56 Å². The number of nitrogens with zero attached hydrogens (tertiary/aromatic N) is 4. The normalized spacial score (nSPS) is 15.8. The van der Waals surface area contributed by atoms with Crippen molar-refractivity contribution in [2.24, 2.45) is 0 Å². The van der Waals surface area contributed by atoms with Gasteiger partial charge in [0.1, 0.15) is 6.33 Å². The van der Waals surface area contributed by atoms with Gasteiger partial charge in [-0.25, -0.2) is 4.98 Å². The van der Waals surface area contributed by atoms with E-state index in [0.717, 1.165) is 44.0 Å². The van der Waals surface area contributed by atoms with Crippen LogP contribution in [-0.4, -0.2) is 75.6 Å². The molecule has 3 rings (SSSR count). The van der Waals surface area contributed by atoms with Crippen LogP contribution < -0.4 is 0 Å². The van der Waals surface area contributed by atoms with E-state index in [1.54, 1.807) is 0 Å². The van der Waals surface area contributed by atoms with Gasteiger partial charge in [-0.1, -0.05) is 18.2 Å². The third-order valence-electron chi connectivity index (χ3n) is 4.10. The highest BCUT2D eigenvalue weighted by molar-refractivity contribution is 7.98. The Morgan fingerprint density at radius 2 is 2.04 bits per heavy atom. The van der Waals surface area contributed by atoms with Crippen molar-refractivity contribution in [1.82, 2.24) is 25.0 Å². The van der Waals surface area contributed by atoms with Crippen molar-refractivity contribution in [3.05, 3.63) is 36.2 Å². The van der Waals surface area contributed by atoms with Crippen LogP contribution >= 0.6 is 11.8 Å². The van der Waals surface area contributed by atoms with Crippen molar-refractivity contribution in [1.29, 1.82) is 0 Å². The van der Waals surface area contributed by atoms with E-state index in [0.29, 0.717) is 11.4 Å². The predicted octanol–water partition coefficient (Wildman–Crippen LogP) is 1.59. The molecule has 0 radical (unpaired) electrons. The van der Waals surface area contributed by atoms with E-state index < -0.39 is 0 Å². The molecule has 1 aromatic carbocycles. The summed E-state index contributed by atoms with van der Waals surface area (Å²) < 4.78 is 0. The lowest BCUT2D eigenvalue weighted by atomic mass is 10.1. The molecule has 6 nitrogen and oxygen atoms in total. The molecule has 0 atom stereocenters. The van der Waals surface area contributed by atoms with Crippen molar-refractivity contribution in [3.8, 4) is 11.4 Å². The summed E-state index contributed by atoms with van der Waals surface area (Å²) >= 11 is 1.86. The number of rotatable bonds is 5. The van der Waals surface area contributed by atoms with E-state index in [1.165, 1.54) is 6.33 Å². The maximum Gasteiger partial charge on any atom is 0.254 e. The van der Waals surface area contributed by atoms with Crippen LogP contribution in [0.25, 0.3) is 11.4 Å². The van der Waals surface area contributed by atoms with Crippen LogP contribution in [0.1, 0.15) is 10.4 Å². The van der Waals surface area contributed by atoms with Gasteiger partial charge < -0.3 is 4.90 Å². The Morgan fingerprint density at radius 3 is 2.74 bits per heavy atom. The highest BCUT2D eigenvalue weighted by Crippen LogP contribution is 2.21. The van der Waals surface area contributed by atoms with E-state index in [1.807, 2.05) is 40.9 Å². The number of benzene rings is 1. The molecule has 1 aliphatic rings. The maximum absolute atomic E-state index is 12.9. The minimum Gasteiger partial charge on any atom is -0.336 e. The Labute approximate surface area is 140 Å². The third-order valence-corrected chi connectivity index (χ3v) is 4.69. The fourth-order valence-corrected chi connectivity index (χ4v) is 3.22. The number of aromatic nitrogens is 3. The van der Waals surface area contributed by atoms with E-state index in [4.69, 9.17) is 0 Å². The number of amides is 1. The molecule has 2 aromatic rings. The SMILES string of the molecule is CSCCN1CCN(C(=O)c2ccccc2-c2ncn[nH]2)CC1. The second-order valence-electron chi connectivity index (χ2n) is 5.51. The van der Waals surface area contributed by atoms with Crippen LogP contribution in [0.2, 0.25) is 0 Å². The summed E-state index contributed by atoms with van der Waals surface area (Å²) in [4.78, 5) is 21.4. The van der Waals surface area contributed by atoms with Gasteiger partial charge in [0.15, 0.2) is 5.82 Å². The highest BCUT2D eigenvalue weighted by atomic mass is 32.2. The van der Waals surface area contributed by atoms with Crippen molar-refractivity contribution in [3.63, 3.8) is 0 Å². The van der Waals surface area contributed by atoms with Crippen LogP contribution in [-0.2, 0) is 0 Å². The number of aromatic amines is 1. The van der Waals surface area contributed by atoms with E-state index in [2.05, 4.69) is 26.3 Å². The molecule has 1 aromatic heterocycles. The molecule has 2 heterocycles. The Balaban J connectivity index is 1.70. The molecule has 1 aliphatic heterocycles. The fourth-order valence-electron chi connectivity index (χ4n) is 2.78. The lowest BCUT2D eigenvalue weighted by Crippen LogP contribution is -2.49. The molecule has 1 N–H and O–H groups in total. The zero-order chi connectivity index (χ0) is 16.1. The largest absolute Gasteiger partial charge is 0.336 e. The first-order chi connectivity index (χ1) is 11.3. The van der Waals surface area contributed by atoms with Crippen LogP contribution in [0.3, 0.4) is 0 Å². The van der Waals surface area contributed by atoms with Crippen molar-refractivity contribution >= 4 is 17.7 Å². The van der Waals surface area contributed by atoms with Gasteiger partial charge >= 0.3 is 0 Å². The molecular weight excluding hydrogens is 310 g/mol. The summed E-state index contributed by atoms with van der Waals surface area (Å²) in [5, 5.41) is 6.72. The third kappa shape index (κ3) is 3.73. The standard InChI is InChI=1S/C16H21N5OS/c1-23-11-10-20-6-8-21(9-7-20)16(22)14-5-3-2-4-13(14)15-17-12-18-19-15/h2-5,12H,6-11H2,1H3,(H,17,18,19). The van der Waals surface area contributed by atoms with Crippen molar-refractivity contribution < 1.29 is 4.79 Å². The molecule has 1 amide bonds. The van der Waals surface area contributed by atoms with Gasteiger partial charge in [0.25, 0.3) is 5.91 Å². The van der Waals surface area contributed by atoms with Gasteiger partial charge in [-0.15, -0.1) is 0 Å². The number of piperazine rings is 1. The summed E-state index contributed by atoms with van der Waals surface area (Å²) in [5.41, 5.74) is 1.49. The number of carbonyl (C=O) groups excluding carboxylic acids is 1. The monoisotopic (exact) mass is 331 g/mol. The maximum atomic E-state index is 12.9. The number of H-pyrrole nitrogens is 1. The van der Waals surface area contributed by atoms with Gasteiger partial charge in [-0.05, 0) is 12.3 Å². The molecule has 1 fully saturated rings. The smallest absolute Gasteiger partial charge is 0.254 e. The first kappa shape index (κ1) is 16.0. The van der Waals surface area contributed by atoms with Gasteiger partial charge in [-0.2, -0.15) is 16.9 Å². The molecular formula is C16H21N5OS. The minimum absolute atomic E-state index is 0.0708. The van der Waals surface area contributed by atoms with Crippen LogP contribution in [0.15, 0.2) is 30.6 Å². The number of hydrogen-bond donors (Lipinski definition) is 1. The second kappa shape index (κ2) is 7.61. The van der Waals surface area contributed by atoms with Gasteiger partial charge in [0, 0.05) is 44.0 Å². The molecule has 0 spiro atoms. The van der Waals surface area contributed by atoms with Crippen LogP contribution in [0.5, 0.6) is 0 Å². The summed E-state index contributed by atoms with van der Waals surface area (Å²) in [7, 11) is 0. The molecule has 23 heavy (non-hydrogen) atoms. The Bertz CT molecular complexity index is 638. The Morgan fingerprint density at radius 1 is 1.26 bits per heavy atom. The molecule has 122 valence electrons. The highest BCUT2D eigenvalue weighted by Gasteiger charge is 2.24. The second-order valence-corrected chi connectivity index (χ2v) is 6.49. The zero-order valence-electron chi connectivity index (χ0n) is 13.2. The number of thioether (sulfide) groups is 1. The van der Waals surface area contributed by atoms with Gasteiger partial charge in [-0.3, -0.25) is 14.8 Å². The molecule has 7 heteroatoms. The summed E-state index contributed by atoms with van der Waals surface area (Å²) in [6, 6.07) is 7.57. The Kier molecular flexibility index (Phi) is 5.30. The fraction of sp³-hybridized carbons (Fsp3) is 0.438. The van der Waals surface area contributed by atoms with Crippen LogP contribution in [0, 0.1) is 0 Å². The molecule has 0 bridgehead atoms. The van der Waals surface area contributed by atoms with E-state index >= 15 is 0 Å².